The average Bonchev–Trinajstić information content (AvgIpc) is 4.01. The number of hydrogen-bond donors (Lipinski definition) is 0. The standard InChI is InChI=1S/C57H33N5S/c1-2-14-34(15-3-1)55-58-56(35-26-31-52-47(32-35)43-21-10-13-25-51(43)63-52)60-57(59-55)62-49-24-12-9-22-45(49)53-50(62)30-29-44-42-20-8-11-23-48(42)61(54(44)53)36-27-28-41-39-18-5-4-16-37(39)38-17-6-7-19-40(38)46(41)33-36/h1-33H. The molecule has 0 amide bonds. The molecule has 0 radical (unpaired) electrons. The Hall–Kier alpha value is -8.19. The summed E-state index contributed by atoms with van der Waals surface area (Å²) < 4.78 is 7.22. The summed E-state index contributed by atoms with van der Waals surface area (Å²) in [4.78, 5) is 15.9. The molecule has 10 aromatic carbocycles. The predicted molar refractivity (Wildman–Crippen MR) is 265 cm³/mol. The van der Waals surface area contributed by atoms with E-state index in [1.165, 1.54) is 63.3 Å². The maximum Gasteiger partial charge on any atom is 0.238 e. The fourth-order valence-electron chi connectivity index (χ4n) is 10.2. The highest BCUT2D eigenvalue weighted by Crippen LogP contribution is 2.44. The Balaban J connectivity index is 1.07. The van der Waals surface area contributed by atoms with Crippen LogP contribution in [0.15, 0.2) is 200 Å². The molecule has 0 unspecified atom stereocenters. The highest BCUT2D eigenvalue weighted by molar-refractivity contribution is 7.25. The third-order valence-electron chi connectivity index (χ3n) is 12.9. The Morgan fingerprint density at radius 2 is 0.873 bits per heavy atom. The molecule has 5 nitrogen and oxygen atoms in total. The molecule has 0 aliphatic carbocycles. The summed E-state index contributed by atoms with van der Waals surface area (Å²) in [5.41, 5.74) is 7.37. The zero-order valence-corrected chi connectivity index (χ0v) is 34.5. The van der Waals surface area contributed by atoms with Gasteiger partial charge in [-0.3, -0.25) is 4.57 Å². The van der Waals surface area contributed by atoms with Gasteiger partial charge in [0.2, 0.25) is 5.95 Å². The smallest absolute Gasteiger partial charge is 0.238 e. The SMILES string of the molecule is c1ccc(-c2nc(-c3ccc4sc5ccccc5c4c3)nc(-n3c4ccccc4c4c3ccc3c5ccccc5n(-c5ccc6c7ccccc7c7ccccc7c6c5)c34)n2)cc1. The first-order valence-corrected chi connectivity index (χ1v) is 22.1. The van der Waals surface area contributed by atoms with Crippen LogP contribution in [0.1, 0.15) is 0 Å². The molecule has 0 saturated carbocycles. The molecule has 0 spiro atoms. The zero-order chi connectivity index (χ0) is 41.2. The number of benzene rings is 10. The summed E-state index contributed by atoms with van der Waals surface area (Å²) in [5.74, 6) is 1.84. The molecule has 0 aliphatic rings. The van der Waals surface area contributed by atoms with Crippen molar-refractivity contribution >= 4 is 107 Å². The highest BCUT2D eigenvalue weighted by atomic mass is 32.1. The van der Waals surface area contributed by atoms with Gasteiger partial charge < -0.3 is 4.57 Å². The minimum atomic E-state index is 0.575. The lowest BCUT2D eigenvalue weighted by Gasteiger charge is -2.14. The van der Waals surface area contributed by atoms with Crippen LogP contribution in [0.3, 0.4) is 0 Å². The van der Waals surface area contributed by atoms with Gasteiger partial charge in [0, 0.05) is 58.5 Å². The molecule has 4 aromatic heterocycles. The Morgan fingerprint density at radius 1 is 0.317 bits per heavy atom. The van der Waals surface area contributed by atoms with Crippen LogP contribution in [0.5, 0.6) is 0 Å². The lowest BCUT2D eigenvalue weighted by Crippen LogP contribution is -2.06. The largest absolute Gasteiger partial charge is 0.309 e. The van der Waals surface area contributed by atoms with E-state index in [0.29, 0.717) is 17.6 Å². The quantitative estimate of drug-likeness (QED) is 0.166. The van der Waals surface area contributed by atoms with Crippen molar-refractivity contribution in [2.24, 2.45) is 0 Å². The minimum Gasteiger partial charge on any atom is -0.309 e. The van der Waals surface area contributed by atoms with Crippen LogP contribution < -0.4 is 0 Å². The van der Waals surface area contributed by atoms with E-state index in [0.717, 1.165) is 49.7 Å². The number of nitrogens with zero attached hydrogens (tertiary/aromatic N) is 5. The Labute approximate surface area is 364 Å². The topological polar surface area (TPSA) is 48.5 Å². The van der Waals surface area contributed by atoms with Gasteiger partial charge in [-0.15, -0.1) is 11.3 Å². The van der Waals surface area contributed by atoms with Crippen LogP contribution in [0, 0.1) is 0 Å². The van der Waals surface area contributed by atoms with E-state index in [4.69, 9.17) is 15.0 Å². The van der Waals surface area contributed by atoms with Crippen molar-refractivity contribution in [1.82, 2.24) is 24.1 Å². The minimum absolute atomic E-state index is 0.575. The second-order valence-corrected chi connectivity index (χ2v) is 17.4. The number of thiophene rings is 1. The van der Waals surface area contributed by atoms with Crippen LogP contribution in [0.2, 0.25) is 0 Å². The average molecular weight is 820 g/mol. The summed E-state index contributed by atoms with van der Waals surface area (Å²) in [6, 6.07) is 72.1. The maximum atomic E-state index is 5.37. The van der Waals surface area contributed by atoms with Gasteiger partial charge in [0.25, 0.3) is 0 Å². The van der Waals surface area contributed by atoms with Gasteiger partial charge in [-0.2, -0.15) is 9.97 Å². The summed E-state index contributed by atoms with van der Waals surface area (Å²) in [6.07, 6.45) is 0. The molecule has 14 aromatic rings. The van der Waals surface area contributed by atoms with E-state index < -0.39 is 0 Å². The van der Waals surface area contributed by atoms with Crippen LogP contribution in [-0.4, -0.2) is 24.1 Å². The lowest BCUT2D eigenvalue weighted by molar-refractivity contribution is 0.954. The van der Waals surface area contributed by atoms with Crippen molar-refractivity contribution < 1.29 is 0 Å². The van der Waals surface area contributed by atoms with Gasteiger partial charge in [-0.05, 0) is 86.9 Å². The van der Waals surface area contributed by atoms with Crippen LogP contribution in [-0.2, 0) is 0 Å². The van der Waals surface area contributed by atoms with Crippen molar-refractivity contribution in [2.75, 3.05) is 0 Å². The molecule has 0 bridgehead atoms. The highest BCUT2D eigenvalue weighted by Gasteiger charge is 2.23. The van der Waals surface area contributed by atoms with E-state index >= 15 is 0 Å². The number of fused-ring (bicyclic) bond motifs is 16. The predicted octanol–water partition coefficient (Wildman–Crippen LogP) is 15.2. The monoisotopic (exact) mass is 819 g/mol. The normalized spacial score (nSPS) is 12.1. The van der Waals surface area contributed by atoms with Gasteiger partial charge >= 0.3 is 0 Å². The third-order valence-corrected chi connectivity index (χ3v) is 14.1. The number of rotatable bonds is 4. The second-order valence-electron chi connectivity index (χ2n) is 16.3. The zero-order valence-electron chi connectivity index (χ0n) is 33.7. The fraction of sp³-hybridized carbons (Fsp3) is 0. The van der Waals surface area contributed by atoms with E-state index in [9.17, 15) is 0 Å². The van der Waals surface area contributed by atoms with Gasteiger partial charge in [0.05, 0.1) is 22.1 Å². The van der Waals surface area contributed by atoms with Crippen molar-refractivity contribution in [3.8, 4) is 34.4 Å². The molecular weight excluding hydrogens is 787 g/mol. The van der Waals surface area contributed by atoms with E-state index in [1.807, 2.05) is 29.5 Å². The summed E-state index contributed by atoms with van der Waals surface area (Å²) >= 11 is 1.81. The number of hydrogen-bond acceptors (Lipinski definition) is 4. The van der Waals surface area contributed by atoms with Crippen molar-refractivity contribution in [1.29, 1.82) is 0 Å². The lowest BCUT2D eigenvalue weighted by atomic mass is 9.94. The molecule has 0 atom stereocenters. The van der Waals surface area contributed by atoms with Crippen molar-refractivity contribution in [3.63, 3.8) is 0 Å². The number of aromatic nitrogens is 5. The van der Waals surface area contributed by atoms with E-state index in [2.05, 4.69) is 191 Å². The Kier molecular flexibility index (Phi) is 7.21. The molecule has 6 heteroatoms. The van der Waals surface area contributed by atoms with E-state index in [1.54, 1.807) is 0 Å². The molecule has 0 N–H and O–H groups in total. The summed E-state index contributed by atoms with van der Waals surface area (Å²) in [6.45, 7) is 0. The molecule has 292 valence electrons. The first-order chi connectivity index (χ1) is 31.2. The van der Waals surface area contributed by atoms with E-state index in [-0.39, 0.29) is 0 Å². The first kappa shape index (κ1) is 34.5. The molecule has 0 aliphatic heterocycles. The second kappa shape index (κ2) is 13.2. The van der Waals surface area contributed by atoms with Crippen molar-refractivity contribution in [3.05, 3.63) is 200 Å². The molecule has 63 heavy (non-hydrogen) atoms. The van der Waals surface area contributed by atoms with Gasteiger partial charge in [-0.25, -0.2) is 4.98 Å². The van der Waals surface area contributed by atoms with Gasteiger partial charge in [-0.1, -0.05) is 146 Å². The molecular formula is C57H33N5S. The van der Waals surface area contributed by atoms with Gasteiger partial charge in [0.15, 0.2) is 11.6 Å². The maximum absolute atomic E-state index is 5.37. The molecule has 0 fully saturated rings. The summed E-state index contributed by atoms with van der Waals surface area (Å²) in [5, 5.41) is 14.7. The van der Waals surface area contributed by atoms with Crippen LogP contribution in [0.4, 0.5) is 0 Å². The molecule has 0 saturated heterocycles. The Bertz CT molecular complexity index is 4180. The fourth-order valence-corrected chi connectivity index (χ4v) is 11.3. The summed E-state index contributed by atoms with van der Waals surface area (Å²) in [7, 11) is 0. The van der Waals surface area contributed by atoms with Crippen LogP contribution in [0.25, 0.3) is 131 Å². The Morgan fingerprint density at radius 3 is 1.62 bits per heavy atom. The molecule has 4 heterocycles. The first-order valence-electron chi connectivity index (χ1n) is 21.3. The van der Waals surface area contributed by atoms with Crippen LogP contribution >= 0.6 is 11.3 Å². The number of para-hydroxylation sites is 2. The third kappa shape index (κ3) is 5.01. The molecule has 14 rings (SSSR count). The van der Waals surface area contributed by atoms with Crippen molar-refractivity contribution in [2.45, 2.75) is 0 Å². The van der Waals surface area contributed by atoms with Gasteiger partial charge in [0.1, 0.15) is 0 Å².